The van der Waals surface area contributed by atoms with Crippen molar-refractivity contribution in [1.82, 2.24) is 0 Å². The van der Waals surface area contributed by atoms with Crippen LogP contribution in [-0.4, -0.2) is 23.5 Å². The number of carbonyl (C=O) groups excluding carboxylic acids is 2. The highest BCUT2D eigenvalue weighted by Crippen LogP contribution is 2.31. The van der Waals surface area contributed by atoms with Gasteiger partial charge in [0.15, 0.2) is 0 Å². The minimum absolute atomic E-state index is 0.181. The average molecular weight is 286 g/mol. The first-order valence-corrected chi connectivity index (χ1v) is 6.25. The quantitative estimate of drug-likeness (QED) is 0.843. The molecule has 0 fully saturated rings. The summed E-state index contributed by atoms with van der Waals surface area (Å²) in [5.74, 6) is -1.94. The molecule has 21 heavy (non-hydrogen) atoms. The molecule has 0 atom stereocenters. The third kappa shape index (κ3) is 2.31. The van der Waals surface area contributed by atoms with E-state index in [4.69, 9.17) is 0 Å². The summed E-state index contributed by atoms with van der Waals surface area (Å²) < 4.78 is 13.3. The van der Waals surface area contributed by atoms with Crippen LogP contribution in [0.15, 0.2) is 42.5 Å². The second-order valence-corrected chi connectivity index (χ2v) is 4.62. The fraction of sp³-hybridized carbons (Fsp3) is 0.0667. The summed E-state index contributed by atoms with van der Waals surface area (Å²) in [7, 11) is 0. The van der Waals surface area contributed by atoms with Crippen LogP contribution in [-0.2, 0) is 4.79 Å². The van der Waals surface area contributed by atoms with Gasteiger partial charge in [-0.05, 0) is 30.3 Å². The van der Waals surface area contributed by atoms with Crippen molar-refractivity contribution in [2.75, 3.05) is 16.8 Å². The van der Waals surface area contributed by atoms with E-state index in [0.717, 1.165) is 18.2 Å². The van der Waals surface area contributed by atoms with E-state index in [1.54, 1.807) is 24.3 Å². The fourth-order valence-electron chi connectivity index (χ4n) is 2.24. The lowest BCUT2D eigenvalue weighted by Gasteiger charge is -2.29. The van der Waals surface area contributed by atoms with E-state index >= 15 is 0 Å². The Balaban J connectivity index is 2.06. The molecule has 6 heteroatoms. The van der Waals surface area contributed by atoms with Gasteiger partial charge in [-0.25, -0.2) is 4.39 Å². The van der Waals surface area contributed by atoms with Crippen LogP contribution in [0.5, 0.6) is 5.75 Å². The van der Waals surface area contributed by atoms with Gasteiger partial charge < -0.3 is 10.4 Å². The van der Waals surface area contributed by atoms with Crippen molar-refractivity contribution in [2.24, 2.45) is 0 Å². The summed E-state index contributed by atoms with van der Waals surface area (Å²) in [5.41, 5.74) is 0.822. The molecule has 0 spiro atoms. The molecular weight excluding hydrogens is 275 g/mol. The van der Waals surface area contributed by atoms with Crippen molar-refractivity contribution in [3.8, 4) is 5.75 Å². The van der Waals surface area contributed by atoms with E-state index < -0.39 is 11.7 Å². The number of phenols is 1. The Morgan fingerprint density at radius 1 is 1.24 bits per heavy atom. The van der Waals surface area contributed by atoms with Gasteiger partial charge in [0.25, 0.3) is 5.91 Å². The van der Waals surface area contributed by atoms with Gasteiger partial charge in [-0.3, -0.25) is 14.5 Å². The van der Waals surface area contributed by atoms with Crippen LogP contribution in [0.1, 0.15) is 10.4 Å². The van der Waals surface area contributed by atoms with Gasteiger partial charge in [0.05, 0.1) is 16.9 Å². The number of carbonyl (C=O) groups is 2. The number of para-hydroxylation sites is 2. The zero-order valence-electron chi connectivity index (χ0n) is 10.8. The highest BCUT2D eigenvalue weighted by molar-refractivity contribution is 6.15. The first-order valence-electron chi connectivity index (χ1n) is 6.25. The topological polar surface area (TPSA) is 69.6 Å². The van der Waals surface area contributed by atoms with Crippen molar-refractivity contribution < 1.29 is 19.1 Å². The molecule has 0 bridgehead atoms. The van der Waals surface area contributed by atoms with Gasteiger partial charge in [-0.2, -0.15) is 0 Å². The smallest absolute Gasteiger partial charge is 0.262 e. The van der Waals surface area contributed by atoms with Gasteiger partial charge >= 0.3 is 0 Å². The van der Waals surface area contributed by atoms with Crippen LogP contribution in [0.4, 0.5) is 15.8 Å². The molecule has 2 N–H and O–H groups in total. The molecular formula is C15H11FN2O3. The molecule has 1 heterocycles. The predicted octanol–water partition coefficient (Wildman–Crippen LogP) is 2.13. The predicted molar refractivity (Wildman–Crippen MR) is 74.8 cm³/mol. The molecule has 5 nitrogen and oxygen atoms in total. The summed E-state index contributed by atoms with van der Waals surface area (Å²) >= 11 is 0. The Kier molecular flexibility index (Phi) is 3.06. The first-order chi connectivity index (χ1) is 10.1. The number of nitrogens with one attached hydrogen (secondary N) is 1. The number of halogens is 1. The largest absolute Gasteiger partial charge is 0.507 e. The molecule has 3 rings (SSSR count). The number of fused-ring (bicyclic) bond motifs is 1. The summed E-state index contributed by atoms with van der Waals surface area (Å²) in [4.78, 5) is 25.4. The highest BCUT2D eigenvalue weighted by atomic mass is 19.1. The first kappa shape index (κ1) is 13.1. The number of hydrogen-bond acceptors (Lipinski definition) is 3. The third-order valence-electron chi connectivity index (χ3n) is 3.20. The van der Waals surface area contributed by atoms with Crippen molar-refractivity contribution in [2.45, 2.75) is 0 Å². The van der Waals surface area contributed by atoms with Gasteiger partial charge in [0, 0.05) is 0 Å². The number of amides is 2. The van der Waals surface area contributed by atoms with Gasteiger partial charge in [0.2, 0.25) is 5.91 Å². The molecule has 0 saturated heterocycles. The highest BCUT2D eigenvalue weighted by Gasteiger charge is 2.28. The molecule has 106 valence electrons. The van der Waals surface area contributed by atoms with Crippen molar-refractivity contribution in [3.63, 3.8) is 0 Å². The van der Waals surface area contributed by atoms with Gasteiger partial charge in [0.1, 0.15) is 18.1 Å². The van der Waals surface area contributed by atoms with Crippen LogP contribution >= 0.6 is 0 Å². The van der Waals surface area contributed by atoms with E-state index in [2.05, 4.69) is 5.32 Å². The minimum Gasteiger partial charge on any atom is -0.507 e. The van der Waals surface area contributed by atoms with Crippen LogP contribution in [0.3, 0.4) is 0 Å². The van der Waals surface area contributed by atoms with E-state index in [1.807, 2.05) is 0 Å². The number of phenolic OH excluding ortho intramolecular Hbond substituents is 1. The number of nitrogens with zero attached hydrogens (tertiary/aromatic N) is 1. The van der Waals surface area contributed by atoms with Crippen molar-refractivity contribution in [1.29, 1.82) is 0 Å². The van der Waals surface area contributed by atoms with Gasteiger partial charge in [-0.15, -0.1) is 0 Å². The maximum atomic E-state index is 13.3. The van der Waals surface area contributed by atoms with E-state index in [0.29, 0.717) is 11.4 Å². The lowest BCUT2D eigenvalue weighted by Crippen LogP contribution is -2.42. The maximum absolute atomic E-state index is 13.3. The average Bonchev–Trinajstić information content (AvgIpc) is 2.48. The zero-order valence-corrected chi connectivity index (χ0v) is 10.8. The molecule has 0 aliphatic carbocycles. The van der Waals surface area contributed by atoms with Crippen molar-refractivity contribution >= 4 is 23.2 Å². The number of benzene rings is 2. The Bertz CT molecular complexity index is 745. The molecule has 2 aromatic rings. The molecule has 0 radical (unpaired) electrons. The molecule has 1 aliphatic rings. The minimum atomic E-state index is -0.633. The standard InChI is InChI=1S/C15H11FN2O3/c16-9-5-6-13(19)10(7-9)15(21)18-8-14(20)17-11-3-1-2-4-12(11)18/h1-7,19H,8H2,(H,17,20). The van der Waals surface area contributed by atoms with E-state index in [1.165, 1.54) is 4.90 Å². The second-order valence-electron chi connectivity index (χ2n) is 4.62. The summed E-state index contributed by atoms with van der Waals surface area (Å²) in [6.45, 7) is -0.189. The number of anilines is 2. The lowest BCUT2D eigenvalue weighted by molar-refractivity contribution is -0.115. The van der Waals surface area contributed by atoms with Crippen molar-refractivity contribution in [3.05, 3.63) is 53.8 Å². The zero-order chi connectivity index (χ0) is 15.0. The number of rotatable bonds is 1. The third-order valence-corrected chi connectivity index (χ3v) is 3.20. The number of hydrogen-bond donors (Lipinski definition) is 2. The molecule has 0 unspecified atom stereocenters. The molecule has 0 aromatic heterocycles. The Morgan fingerprint density at radius 3 is 2.81 bits per heavy atom. The molecule has 2 amide bonds. The SMILES string of the molecule is O=C1CN(C(=O)c2cc(F)ccc2O)c2ccccc2N1. The number of aromatic hydroxyl groups is 1. The van der Waals surface area contributed by atoms with Crippen LogP contribution in [0.2, 0.25) is 0 Å². The Morgan fingerprint density at radius 2 is 2.00 bits per heavy atom. The molecule has 1 aliphatic heterocycles. The molecule has 2 aromatic carbocycles. The van der Waals surface area contributed by atoms with Gasteiger partial charge in [-0.1, -0.05) is 12.1 Å². The maximum Gasteiger partial charge on any atom is 0.262 e. The van der Waals surface area contributed by atoms with E-state index in [9.17, 15) is 19.1 Å². The fourth-order valence-corrected chi connectivity index (χ4v) is 2.24. The van der Waals surface area contributed by atoms with Crippen LogP contribution in [0, 0.1) is 5.82 Å². The second kappa shape index (κ2) is 4.90. The Hall–Kier alpha value is -2.89. The lowest BCUT2D eigenvalue weighted by atomic mass is 10.1. The normalized spacial score (nSPS) is 13.6. The van der Waals surface area contributed by atoms with E-state index in [-0.39, 0.29) is 23.8 Å². The Labute approximate surface area is 119 Å². The van der Waals surface area contributed by atoms with Crippen LogP contribution < -0.4 is 10.2 Å². The molecule has 0 saturated carbocycles. The summed E-state index contributed by atoms with van der Waals surface area (Å²) in [5, 5.41) is 12.4. The van der Waals surface area contributed by atoms with Crippen LogP contribution in [0.25, 0.3) is 0 Å². The summed E-state index contributed by atoms with van der Waals surface area (Å²) in [6, 6.07) is 9.91. The summed E-state index contributed by atoms with van der Waals surface area (Å²) in [6.07, 6.45) is 0. The monoisotopic (exact) mass is 286 g/mol.